The molecule has 2 aliphatic rings. The summed E-state index contributed by atoms with van der Waals surface area (Å²) in [5, 5.41) is 15.4. The summed E-state index contributed by atoms with van der Waals surface area (Å²) in [5.74, 6) is 0. The molecule has 2 heterocycles. The standard InChI is InChI=1S/C54H33BN2/c1-3-18-40-36(14-1)38-16-5-7-20-42(38)46-32-34(28-30-44(40)46)56-50-24-11-9-22-48(50)55-49-23-10-12-25-51(49)57(53-27-13-26-52(56)54(53)55)35-29-31-45-41-19-4-2-15-37(41)39-17-6-8-21-43(39)47(45)33-35/h1-33H. The third-order valence-electron chi connectivity index (χ3n) is 12.8. The van der Waals surface area contributed by atoms with E-state index in [2.05, 4.69) is 210 Å². The van der Waals surface area contributed by atoms with E-state index in [9.17, 15) is 0 Å². The number of rotatable bonds is 2. The Morgan fingerprint density at radius 1 is 0.246 bits per heavy atom. The van der Waals surface area contributed by atoms with Gasteiger partial charge in [-0.3, -0.25) is 0 Å². The minimum atomic E-state index is 0.0894. The van der Waals surface area contributed by atoms with Gasteiger partial charge >= 0.3 is 0 Å². The second-order valence-corrected chi connectivity index (χ2v) is 15.6. The van der Waals surface area contributed by atoms with Crippen molar-refractivity contribution in [3.63, 3.8) is 0 Å². The molecule has 0 unspecified atom stereocenters. The highest BCUT2D eigenvalue weighted by Gasteiger charge is 2.42. The van der Waals surface area contributed by atoms with Crippen LogP contribution in [0, 0.1) is 0 Å². The van der Waals surface area contributed by atoms with Crippen LogP contribution < -0.4 is 26.2 Å². The zero-order valence-electron chi connectivity index (χ0n) is 31.0. The first kappa shape index (κ1) is 30.9. The maximum atomic E-state index is 2.51. The van der Waals surface area contributed by atoms with Gasteiger partial charge in [0.05, 0.1) is 0 Å². The highest BCUT2D eigenvalue weighted by molar-refractivity contribution is 7.00. The van der Waals surface area contributed by atoms with E-state index in [4.69, 9.17) is 0 Å². The van der Waals surface area contributed by atoms with Gasteiger partial charge in [-0.15, -0.1) is 0 Å². The molecule has 0 bridgehead atoms. The molecule has 0 radical (unpaired) electrons. The normalized spacial score (nSPS) is 13.2. The van der Waals surface area contributed by atoms with Crippen LogP contribution in [0.4, 0.5) is 34.1 Å². The minimum absolute atomic E-state index is 0.0894. The van der Waals surface area contributed by atoms with Gasteiger partial charge in [0.2, 0.25) is 0 Å². The number of benzene rings is 11. The molecular formula is C54H33BN2. The fourth-order valence-corrected chi connectivity index (χ4v) is 10.5. The molecule has 2 nitrogen and oxygen atoms in total. The van der Waals surface area contributed by atoms with Crippen LogP contribution >= 0.6 is 0 Å². The van der Waals surface area contributed by atoms with Gasteiger partial charge in [0, 0.05) is 34.1 Å². The molecule has 0 spiro atoms. The summed E-state index contributed by atoms with van der Waals surface area (Å²) in [7, 11) is 0. The van der Waals surface area contributed by atoms with E-state index < -0.39 is 0 Å². The van der Waals surface area contributed by atoms with E-state index in [0.717, 1.165) is 11.4 Å². The van der Waals surface area contributed by atoms with Crippen LogP contribution in [0.25, 0.3) is 64.6 Å². The number of hydrogen-bond donors (Lipinski definition) is 0. The molecule has 262 valence electrons. The van der Waals surface area contributed by atoms with E-state index in [-0.39, 0.29) is 6.71 Å². The monoisotopic (exact) mass is 720 g/mol. The molecule has 57 heavy (non-hydrogen) atoms. The summed E-state index contributed by atoms with van der Waals surface area (Å²) < 4.78 is 0. The van der Waals surface area contributed by atoms with Crippen molar-refractivity contribution in [2.75, 3.05) is 9.80 Å². The molecule has 0 N–H and O–H groups in total. The van der Waals surface area contributed by atoms with Crippen LogP contribution in [0.2, 0.25) is 0 Å². The average Bonchev–Trinajstić information content (AvgIpc) is 3.29. The lowest BCUT2D eigenvalue weighted by atomic mass is 9.33. The van der Waals surface area contributed by atoms with Crippen LogP contribution in [0.1, 0.15) is 0 Å². The van der Waals surface area contributed by atoms with Gasteiger partial charge in [-0.05, 0) is 130 Å². The highest BCUT2D eigenvalue weighted by Crippen LogP contribution is 2.46. The van der Waals surface area contributed by atoms with Crippen molar-refractivity contribution in [1.82, 2.24) is 0 Å². The van der Waals surface area contributed by atoms with Crippen molar-refractivity contribution in [3.8, 4) is 0 Å². The lowest BCUT2D eigenvalue weighted by molar-refractivity contribution is 1.26. The second-order valence-electron chi connectivity index (χ2n) is 15.6. The third-order valence-corrected chi connectivity index (χ3v) is 12.8. The average molecular weight is 721 g/mol. The van der Waals surface area contributed by atoms with Crippen LogP contribution in [0.15, 0.2) is 200 Å². The summed E-state index contributed by atoms with van der Waals surface area (Å²) in [6.07, 6.45) is 0. The maximum absolute atomic E-state index is 2.51. The van der Waals surface area contributed by atoms with Gasteiger partial charge < -0.3 is 9.80 Å². The van der Waals surface area contributed by atoms with Crippen molar-refractivity contribution >= 4 is 122 Å². The van der Waals surface area contributed by atoms with Gasteiger partial charge in [-0.2, -0.15) is 0 Å². The van der Waals surface area contributed by atoms with Gasteiger partial charge in [0.25, 0.3) is 6.71 Å². The Morgan fingerprint density at radius 3 is 0.930 bits per heavy atom. The topological polar surface area (TPSA) is 6.48 Å². The molecule has 0 fully saturated rings. The number of para-hydroxylation sites is 2. The second kappa shape index (κ2) is 11.6. The highest BCUT2D eigenvalue weighted by atomic mass is 15.2. The van der Waals surface area contributed by atoms with Gasteiger partial charge in [0.1, 0.15) is 0 Å². The Morgan fingerprint density at radius 2 is 0.544 bits per heavy atom. The zero-order chi connectivity index (χ0) is 37.2. The SMILES string of the molecule is c1ccc2c(c1)B1c3ccccc3N(c3ccc4c5ccccc5c5ccccc5c4c3)c3cccc(c31)N2c1ccc2c3ccccc3c3ccccc3c2c1. The van der Waals surface area contributed by atoms with E-state index >= 15 is 0 Å². The van der Waals surface area contributed by atoms with Crippen molar-refractivity contribution in [3.05, 3.63) is 200 Å². The van der Waals surface area contributed by atoms with Crippen molar-refractivity contribution in [2.24, 2.45) is 0 Å². The summed E-state index contributed by atoms with van der Waals surface area (Å²) in [5.41, 5.74) is 11.2. The van der Waals surface area contributed by atoms with Crippen molar-refractivity contribution in [2.45, 2.75) is 0 Å². The predicted molar refractivity (Wildman–Crippen MR) is 245 cm³/mol. The molecule has 11 aromatic rings. The lowest BCUT2D eigenvalue weighted by Gasteiger charge is -2.44. The largest absolute Gasteiger partial charge is 0.311 e. The quantitative estimate of drug-likeness (QED) is 0.130. The molecule has 13 rings (SSSR count). The Hall–Kier alpha value is -7.36. The summed E-state index contributed by atoms with van der Waals surface area (Å²) in [6.45, 7) is 0.0894. The van der Waals surface area contributed by atoms with Crippen LogP contribution in [0.3, 0.4) is 0 Å². The van der Waals surface area contributed by atoms with E-state index in [0.29, 0.717) is 0 Å². The molecule has 0 atom stereocenters. The zero-order valence-corrected chi connectivity index (χ0v) is 31.0. The maximum Gasteiger partial charge on any atom is 0.252 e. The molecule has 0 saturated heterocycles. The van der Waals surface area contributed by atoms with Crippen LogP contribution in [0.5, 0.6) is 0 Å². The van der Waals surface area contributed by atoms with E-state index in [1.807, 2.05) is 0 Å². The summed E-state index contributed by atoms with van der Waals surface area (Å²) >= 11 is 0. The lowest BCUT2D eigenvalue weighted by Crippen LogP contribution is -2.61. The Balaban J connectivity index is 1.07. The predicted octanol–water partition coefficient (Wildman–Crippen LogP) is 12.7. The van der Waals surface area contributed by atoms with Gasteiger partial charge in [-0.1, -0.05) is 152 Å². The van der Waals surface area contributed by atoms with Gasteiger partial charge in [-0.25, -0.2) is 0 Å². The first-order valence-corrected chi connectivity index (χ1v) is 19.9. The number of anilines is 6. The first-order valence-electron chi connectivity index (χ1n) is 19.9. The summed E-state index contributed by atoms with van der Waals surface area (Å²) in [6, 6.07) is 74.6. The fourth-order valence-electron chi connectivity index (χ4n) is 10.5. The van der Waals surface area contributed by atoms with E-state index in [1.165, 1.54) is 104 Å². The Kier molecular flexibility index (Phi) is 6.28. The molecule has 2 aliphatic heterocycles. The smallest absolute Gasteiger partial charge is 0.252 e. The Bertz CT molecular complexity index is 3210. The molecular weight excluding hydrogens is 687 g/mol. The van der Waals surface area contributed by atoms with Crippen molar-refractivity contribution < 1.29 is 0 Å². The molecule has 3 heteroatoms. The first-order chi connectivity index (χ1) is 28.3. The van der Waals surface area contributed by atoms with Crippen LogP contribution in [-0.4, -0.2) is 6.71 Å². The van der Waals surface area contributed by atoms with Gasteiger partial charge in [0.15, 0.2) is 0 Å². The fraction of sp³-hybridized carbons (Fsp3) is 0. The number of hydrogen-bond acceptors (Lipinski definition) is 2. The molecule has 0 aliphatic carbocycles. The molecule has 11 aromatic carbocycles. The minimum Gasteiger partial charge on any atom is -0.311 e. The third kappa shape index (κ3) is 4.21. The number of fused-ring (bicyclic) bond motifs is 16. The van der Waals surface area contributed by atoms with Crippen LogP contribution in [-0.2, 0) is 0 Å². The number of nitrogens with zero attached hydrogens (tertiary/aromatic N) is 2. The Labute approximate surface area is 330 Å². The molecule has 0 aromatic heterocycles. The van der Waals surface area contributed by atoms with Crippen molar-refractivity contribution in [1.29, 1.82) is 0 Å². The summed E-state index contributed by atoms with van der Waals surface area (Å²) in [4.78, 5) is 5.03. The van der Waals surface area contributed by atoms with E-state index in [1.54, 1.807) is 0 Å². The molecule has 0 amide bonds. The molecule has 0 saturated carbocycles.